The van der Waals surface area contributed by atoms with Crippen LogP contribution in [0.15, 0.2) is 29.9 Å². The number of rotatable bonds is 5. The minimum atomic E-state index is -0.148. The molecule has 0 bridgehead atoms. The Bertz CT molecular complexity index is 631. The molecule has 1 aliphatic heterocycles. The van der Waals surface area contributed by atoms with Crippen molar-refractivity contribution in [1.82, 2.24) is 20.2 Å². The van der Waals surface area contributed by atoms with Crippen LogP contribution in [0.1, 0.15) is 11.7 Å². The van der Waals surface area contributed by atoms with E-state index in [-0.39, 0.29) is 36.9 Å². The standard InChI is InChI=1S/C14H15ClN4O2S.2ClH/c15-14-18-11(8-22-14)13-12(19(9-20)5-4-17-13)7-21-10-2-1-3-16-6-10;;/h1-3,6,8-9,12-13,17H,4-5,7H2;2*1H. The second-order valence-corrected chi connectivity index (χ2v) is 6.31. The minimum absolute atomic E-state index is 0. The van der Waals surface area contributed by atoms with Crippen molar-refractivity contribution in [3.8, 4) is 5.75 Å². The third kappa shape index (κ3) is 4.94. The Labute approximate surface area is 161 Å². The summed E-state index contributed by atoms with van der Waals surface area (Å²) in [5.74, 6) is 0.675. The molecule has 1 fully saturated rings. The van der Waals surface area contributed by atoms with Crippen molar-refractivity contribution >= 4 is 54.2 Å². The third-order valence-corrected chi connectivity index (χ3v) is 4.55. The smallest absolute Gasteiger partial charge is 0.210 e. The maximum atomic E-state index is 11.4. The van der Waals surface area contributed by atoms with E-state index in [0.29, 0.717) is 29.9 Å². The molecule has 10 heteroatoms. The van der Waals surface area contributed by atoms with Crippen LogP contribution in [0.5, 0.6) is 5.75 Å². The first-order valence-electron chi connectivity index (χ1n) is 6.86. The van der Waals surface area contributed by atoms with Crippen molar-refractivity contribution in [2.75, 3.05) is 19.7 Å². The predicted molar refractivity (Wildman–Crippen MR) is 98.7 cm³/mol. The van der Waals surface area contributed by atoms with Crippen molar-refractivity contribution in [2.24, 2.45) is 0 Å². The molecule has 3 rings (SSSR count). The number of pyridine rings is 1. The highest BCUT2D eigenvalue weighted by Crippen LogP contribution is 2.27. The van der Waals surface area contributed by atoms with Crippen LogP contribution in [-0.2, 0) is 4.79 Å². The van der Waals surface area contributed by atoms with E-state index in [1.807, 2.05) is 17.5 Å². The summed E-state index contributed by atoms with van der Waals surface area (Å²) in [4.78, 5) is 21.4. The number of halogens is 3. The summed E-state index contributed by atoms with van der Waals surface area (Å²) in [6, 6.07) is 3.40. The number of carbonyl (C=O) groups is 1. The highest BCUT2D eigenvalue weighted by atomic mass is 35.5. The lowest BCUT2D eigenvalue weighted by Gasteiger charge is -2.39. The Kier molecular flexibility index (Phi) is 8.72. The van der Waals surface area contributed by atoms with Crippen molar-refractivity contribution in [3.05, 3.63) is 40.1 Å². The van der Waals surface area contributed by atoms with Gasteiger partial charge < -0.3 is 15.0 Å². The predicted octanol–water partition coefficient (Wildman–Crippen LogP) is 2.59. The van der Waals surface area contributed by atoms with Crippen molar-refractivity contribution < 1.29 is 9.53 Å². The lowest BCUT2D eigenvalue weighted by atomic mass is 10.0. The third-order valence-electron chi connectivity index (χ3n) is 3.55. The van der Waals surface area contributed by atoms with Gasteiger partial charge in [0.2, 0.25) is 6.41 Å². The van der Waals surface area contributed by atoms with Gasteiger partial charge >= 0.3 is 0 Å². The average molecular weight is 412 g/mol. The van der Waals surface area contributed by atoms with Gasteiger partial charge in [0, 0.05) is 24.7 Å². The quantitative estimate of drug-likeness (QED) is 0.766. The van der Waals surface area contributed by atoms with Gasteiger partial charge in [-0.3, -0.25) is 9.78 Å². The van der Waals surface area contributed by atoms with Gasteiger partial charge in [0.15, 0.2) is 4.47 Å². The van der Waals surface area contributed by atoms with Crippen molar-refractivity contribution in [3.63, 3.8) is 0 Å². The normalized spacial score (nSPS) is 19.8. The zero-order chi connectivity index (χ0) is 15.4. The van der Waals surface area contributed by atoms with Gasteiger partial charge in [0.1, 0.15) is 12.4 Å². The van der Waals surface area contributed by atoms with Gasteiger partial charge in [-0.25, -0.2) is 4.98 Å². The average Bonchev–Trinajstić information content (AvgIpc) is 3.00. The number of hydrogen-bond acceptors (Lipinski definition) is 6. The number of thiazole rings is 1. The first-order valence-corrected chi connectivity index (χ1v) is 8.12. The molecule has 0 aliphatic carbocycles. The highest BCUT2D eigenvalue weighted by Gasteiger charge is 2.33. The molecular formula is C14H17Cl3N4O2S. The largest absolute Gasteiger partial charge is 0.490 e. The lowest BCUT2D eigenvalue weighted by Crippen LogP contribution is -2.55. The second-order valence-electron chi connectivity index (χ2n) is 4.87. The molecular weight excluding hydrogens is 395 g/mol. The number of aromatic nitrogens is 2. The number of piperazine rings is 1. The molecule has 1 saturated heterocycles. The Balaban J connectivity index is 0.00000144. The number of amides is 1. The summed E-state index contributed by atoms with van der Waals surface area (Å²) in [5, 5.41) is 5.30. The van der Waals surface area contributed by atoms with E-state index in [9.17, 15) is 4.79 Å². The molecule has 2 aromatic rings. The van der Waals surface area contributed by atoms with E-state index in [1.165, 1.54) is 11.3 Å². The summed E-state index contributed by atoms with van der Waals surface area (Å²) in [7, 11) is 0. The minimum Gasteiger partial charge on any atom is -0.490 e. The van der Waals surface area contributed by atoms with Crippen LogP contribution in [0.2, 0.25) is 4.47 Å². The molecule has 1 aliphatic rings. The van der Waals surface area contributed by atoms with Gasteiger partial charge in [0.25, 0.3) is 0 Å². The number of ether oxygens (including phenoxy) is 1. The molecule has 2 atom stereocenters. The number of hydrogen-bond donors (Lipinski definition) is 1. The Morgan fingerprint density at radius 1 is 1.50 bits per heavy atom. The maximum absolute atomic E-state index is 11.4. The summed E-state index contributed by atoms with van der Waals surface area (Å²) < 4.78 is 6.27. The Morgan fingerprint density at radius 2 is 2.33 bits per heavy atom. The van der Waals surface area contributed by atoms with Crippen LogP contribution in [-0.4, -0.2) is 47.0 Å². The molecule has 0 spiro atoms. The van der Waals surface area contributed by atoms with Crippen LogP contribution >= 0.6 is 47.8 Å². The van der Waals surface area contributed by atoms with Gasteiger partial charge in [-0.15, -0.1) is 36.2 Å². The lowest BCUT2D eigenvalue weighted by molar-refractivity contribution is -0.122. The SMILES string of the molecule is Cl.Cl.O=CN1CCNC(c2csc(Cl)n2)C1COc1cccnc1. The maximum Gasteiger partial charge on any atom is 0.210 e. The summed E-state index contributed by atoms with van der Waals surface area (Å²) >= 11 is 7.31. The first-order chi connectivity index (χ1) is 10.8. The monoisotopic (exact) mass is 410 g/mol. The Hall–Kier alpha value is -1.12. The van der Waals surface area contributed by atoms with Gasteiger partial charge in [-0.05, 0) is 12.1 Å². The molecule has 1 amide bonds. The number of carbonyl (C=O) groups excluding carboxylic acids is 1. The number of nitrogens with zero attached hydrogens (tertiary/aromatic N) is 3. The molecule has 2 unspecified atom stereocenters. The zero-order valence-corrected chi connectivity index (χ0v) is 15.7. The molecule has 6 nitrogen and oxygen atoms in total. The van der Waals surface area contributed by atoms with E-state index in [1.54, 1.807) is 17.3 Å². The molecule has 0 radical (unpaired) electrons. The molecule has 3 heterocycles. The molecule has 24 heavy (non-hydrogen) atoms. The molecule has 1 N–H and O–H groups in total. The fourth-order valence-corrected chi connectivity index (χ4v) is 3.29. The fraction of sp³-hybridized carbons (Fsp3) is 0.357. The van der Waals surface area contributed by atoms with Crippen LogP contribution in [0.4, 0.5) is 0 Å². The van der Waals surface area contributed by atoms with E-state index in [0.717, 1.165) is 12.1 Å². The molecule has 0 saturated carbocycles. The summed E-state index contributed by atoms with van der Waals surface area (Å²) in [6.07, 6.45) is 4.20. The van der Waals surface area contributed by atoms with Crippen LogP contribution in [0, 0.1) is 0 Å². The van der Waals surface area contributed by atoms with E-state index in [2.05, 4.69) is 15.3 Å². The number of nitrogens with one attached hydrogen (secondary N) is 1. The van der Waals surface area contributed by atoms with E-state index < -0.39 is 0 Å². The summed E-state index contributed by atoms with van der Waals surface area (Å²) in [6.45, 7) is 1.71. The second kappa shape index (κ2) is 10.0. The summed E-state index contributed by atoms with van der Waals surface area (Å²) in [5.41, 5.74) is 0.835. The van der Waals surface area contributed by atoms with Crippen LogP contribution < -0.4 is 10.1 Å². The van der Waals surface area contributed by atoms with Crippen LogP contribution in [0.3, 0.4) is 0 Å². The highest BCUT2D eigenvalue weighted by molar-refractivity contribution is 7.13. The van der Waals surface area contributed by atoms with Crippen molar-refractivity contribution in [1.29, 1.82) is 0 Å². The van der Waals surface area contributed by atoms with Gasteiger partial charge in [-0.2, -0.15) is 0 Å². The molecule has 2 aromatic heterocycles. The van der Waals surface area contributed by atoms with Gasteiger partial charge in [-0.1, -0.05) is 11.6 Å². The first kappa shape index (κ1) is 20.9. The van der Waals surface area contributed by atoms with Gasteiger partial charge in [0.05, 0.1) is 24.0 Å². The Morgan fingerprint density at radius 3 is 2.96 bits per heavy atom. The zero-order valence-electron chi connectivity index (χ0n) is 12.5. The van der Waals surface area contributed by atoms with E-state index in [4.69, 9.17) is 16.3 Å². The fourth-order valence-electron chi connectivity index (χ4n) is 2.49. The van der Waals surface area contributed by atoms with Crippen molar-refractivity contribution in [2.45, 2.75) is 12.1 Å². The van der Waals surface area contributed by atoms with E-state index >= 15 is 0 Å². The molecule has 132 valence electrons. The van der Waals surface area contributed by atoms with Crippen LogP contribution in [0.25, 0.3) is 0 Å². The topological polar surface area (TPSA) is 67.4 Å². The molecule has 0 aromatic carbocycles.